The van der Waals surface area contributed by atoms with Crippen LogP contribution in [0.25, 0.3) is 0 Å². The smallest absolute Gasteiger partial charge is 0.323 e. The van der Waals surface area contributed by atoms with Crippen LogP contribution in [-0.4, -0.2) is 41.1 Å². The number of carbonyl (C=O) groups is 2. The van der Waals surface area contributed by atoms with Crippen LogP contribution in [0.5, 0.6) is 0 Å². The van der Waals surface area contributed by atoms with E-state index in [0.717, 1.165) is 30.5 Å². The zero-order valence-corrected chi connectivity index (χ0v) is 12.2. The van der Waals surface area contributed by atoms with Crippen molar-refractivity contribution >= 4 is 11.9 Å². The average Bonchev–Trinajstić information content (AvgIpc) is 2.89. The first-order valence-electron chi connectivity index (χ1n) is 7.31. The molecule has 1 heterocycles. The summed E-state index contributed by atoms with van der Waals surface area (Å²) < 4.78 is 5.11. The van der Waals surface area contributed by atoms with Gasteiger partial charge in [0.15, 0.2) is 0 Å². The maximum absolute atomic E-state index is 12.0. The molecule has 1 aromatic carbocycles. The van der Waals surface area contributed by atoms with Crippen LogP contribution in [-0.2, 0) is 27.3 Å². The van der Waals surface area contributed by atoms with E-state index in [0.29, 0.717) is 13.2 Å². The Hall–Kier alpha value is -1.88. The molecule has 1 N–H and O–H groups in total. The van der Waals surface area contributed by atoms with Gasteiger partial charge in [-0.3, -0.25) is 14.5 Å². The van der Waals surface area contributed by atoms with Gasteiger partial charge < -0.3 is 9.84 Å². The van der Waals surface area contributed by atoms with Crippen LogP contribution in [0.2, 0.25) is 0 Å². The van der Waals surface area contributed by atoms with Gasteiger partial charge in [-0.2, -0.15) is 0 Å². The molecule has 5 heteroatoms. The molecule has 0 amide bonds. The number of carbonyl (C=O) groups excluding carboxylic acids is 1. The van der Waals surface area contributed by atoms with E-state index < -0.39 is 5.97 Å². The van der Waals surface area contributed by atoms with Crippen molar-refractivity contribution in [3.8, 4) is 0 Å². The molecule has 0 aliphatic carbocycles. The highest BCUT2D eigenvalue weighted by Gasteiger charge is 2.31. The monoisotopic (exact) mass is 291 g/mol. The number of hydrogen-bond donors (Lipinski definition) is 1. The number of aliphatic carboxylic acids is 1. The average molecular weight is 291 g/mol. The second kappa shape index (κ2) is 7.22. The summed E-state index contributed by atoms with van der Waals surface area (Å²) in [6.45, 7) is 3.62. The van der Waals surface area contributed by atoms with Gasteiger partial charge in [0.05, 0.1) is 13.0 Å². The molecule has 1 aliphatic heterocycles. The molecular weight excluding hydrogens is 270 g/mol. The predicted molar refractivity (Wildman–Crippen MR) is 77.8 cm³/mol. The summed E-state index contributed by atoms with van der Waals surface area (Å²) in [7, 11) is 0. The van der Waals surface area contributed by atoms with E-state index in [1.807, 2.05) is 24.3 Å². The largest absolute Gasteiger partial charge is 0.481 e. The Morgan fingerprint density at radius 3 is 2.71 bits per heavy atom. The zero-order valence-electron chi connectivity index (χ0n) is 12.2. The summed E-state index contributed by atoms with van der Waals surface area (Å²) >= 11 is 0. The first kappa shape index (κ1) is 15.5. The molecule has 21 heavy (non-hydrogen) atoms. The molecule has 114 valence electrons. The molecule has 2 rings (SSSR count). The summed E-state index contributed by atoms with van der Waals surface area (Å²) in [5.74, 6) is -1.02. The standard InChI is InChI=1S/C16H21NO4/c1-2-21-16(20)14-8-5-9-17(14)11-13-7-4-3-6-12(13)10-15(18)19/h3-4,6-7,14H,2,5,8-11H2,1H3,(H,18,19). The van der Waals surface area contributed by atoms with Gasteiger partial charge in [-0.25, -0.2) is 0 Å². The molecule has 0 spiro atoms. The Bertz CT molecular complexity index is 515. The van der Waals surface area contributed by atoms with Gasteiger partial charge in [-0.15, -0.1) is 0 Å². The van der Waals surface area contributed by atoms with Crippen molar-refractivity contribution in [1.29, 1.82) is 0 Å². The predicted octanol–water partition coefficient (Wildman–Crippen LogP) is 1.84. The van der Waals surface area contributed by atoms with Gasteiger partial charge in [0.25, 0.3) is 0 Å². The van der Waals surface area contributed by atoms with Crippen LogP contribution in [0.4, 0.5) is 0 Å². The van der Waals surface area contributed by atoms with Crippen LogP contribution in [0.1, 0.15) is 30.9 Å². The molecule has 1 unspecified atom stereocenters. The van der Waals surface area contributed by atoms with Crippen LogP contribution < -0.4 is 0 Å². The minimum absolute atomic E-state index is 0.00802. The lowest BCUT2D eigenvalue weighted by Gasteiger charge is -2.23. The van der Waals surface area contributed by atoms with Crippen molar-refractivity contribution in [2.75, 3.05) is 13.2 Å². The van der Waals surface area contributed by atoms with Gasteiger partial charge in [-0.05, 0) is 37.4 Å². The van der Waals surface area contributed by atoms with Gasteiger partial charge in [-0.1, -0.05) is 24.3 Å². The van der Waals surface area contributed by atoms with Crippen molar-refractivity contribution in [2.24, 2.45) is 0 Å². The van der Waals surface area contributed by atoms with Gasteiger partial charge in [0.2, 0.25) is 0 Å². The van der Waals surface area contributed by atoms with E-state index in [-0.39, 0.29) is 18.4 Å². The van der Waals surface area contributed by atoms with E-state index in [4.69, 9.17) is 9.84 Å². The molecule has 1 aliphatic rings. The minimum atomic E-state index is -0.842. The Kier molecular flexibility index (Phi) is 5.33. The summed E-state index contributed by atoms with van der Waals surface area (Å²) in [5, 5.41) is 8.97. The van der Waals surface area contributed by atoms with Crippen molar-refractivity contribution in [1.82, 2.24) is 4.90 Å². The topological polar surface area (TPSA) is 66.8 Å². The van der Waals surface area contributed by atoms with Crippen LogP contribution >= 0.6 is 0 Å². The second-order valence-electron chi connectivity index (χ2n) is 5.22. The normalized spacial score (nSPS) is 18.6. The van der Waals surface area contributed by atoms with E-state index in [1.54, 1.807) is 6.92 Å². The molecule has 1 fully saturated rings. The highest BCUT2D eigenvalue weighted by atomic mass is 16.5. The fraction of sp³-hybridized carbons (Fsp3) is 0.500. The summed E-state index contributed by atoms with van der Waals surface area (Å²) in [4.78, 5) is 25.0. The highest BCUT2D eigenvalue weighted by Crippen LogP contribution is 2.22. The molecule has 5 nitrogen and oxygen atoms in total. The van der Waals surface area contributed by atoms with Crippen molar-refractivity contribution in [2.45, 2.75) is 38.8 Å². The number of ether oxygens (including phenoxy) is 1. The molecular formula is C16H21NO4. The van der Waals surface area contributed by atoms with Crippen molar-refractivity contribution in [3.05, 3.63) is 35.4 Å². The number of hydrogen-bond acceptors (Lipinski definition) is 4. The van der Waals surface area contributed by atoms with Crippen LogP contribution in [0, 0.1) is 0 Å². The number of carboxylic acid groups (broad SMARTS) is 1. The number of esters is 1. The van der Waals surface area contributed by atoms with E-state index in [2.05, 4.69) is 4.90 Å². The number of carboxylic acids is 1. The third-order valence-electron chi connectivity index (χ3n) is 3.76. The molecule has 1 saturated heterocycles. The molecule has 1 atom stereocenters. The lowest BCUT2D eigenvalue weighted by Crippen LogP contribution is -2.37. The summed E-state index contributed by atoms with van der Waals surface area (Å²) in [5.41, 5.74) is 1.77. The zero-order chi connectivity index (χ0) is 15.2. The van der Waals surface area contributed by atoms with Gasteiger partial charge in [0, 0.05) is 6.54 Å². The number of rotatable bonds is 6. The minimum Gasteiger partial charge on any atom is -0.481 e. The third kappa shape index (κ3) is 4.04. The lowest BCUT2D eigenvalue weighted by molar-refractivity contribution is -0.148. The highest BCUT2D eigenvalue weighted by molar-refractivity contribution is 5.76. The molecule has 0 radical (unpaired) electrons. The fourth-order valence-electron chi connectivity index (χ4n) is 2.79. The Morgan fingerprint density at radius 2 is 2.05 bits per heavy atom. The number of nitrogens with zero attached hydrogens (tertiary/aromatic N) is 1. The molecule has 0 aromatic heterocycles. The van der Waals surface area contributed by atoms with Gasteiger partial charge >= 0.3 is 11.9 Å². The van der Waals surface area contributed by atoms with Crippen LogP contribution in [0.3, 0.4) is 0 Å². The number of likely N-dealkylation sites (tertiary alicyclic amines) is 1. The molecule has 1 aromatic rings. The molecule has 0 bridgehead atoms. The second-order valence-corrected chi connectivity index (χ2v) is 5.22. The van der Waals surface area contributed by atoms with Gasteiger partial charge in [0.1, 0.15) is 6.04 Å². The maximum Gasteiger partial charge on any atom is 0.323 e. The van der Waals surface area contributed by atoms with E-state index >= 15 is 0 Å². The van der Waals surface area contributed by atoms with E-state index in [1.165, 1.54) is 0 Å². The van der Waals surface area contributed by atoms with Crippen molar-refractivity contribution in [3.63, 3.8) is 0 Å². The quantitative estimate of drug-likeness (QED) is 0.810. The summed E-state index contributed by atoms with van der Waals surface area (Å²) in [6, 6.07) is 7.30. The number of benzene rings is 1. The fourth-order valence-corrected chi connectivity index (χ4v) is 2.79. The Balaban J connectivity index is 2.10. The Morgan fingerprint density at radius 1 is 1.33 bits per heavy atom. The summed E-state index contributed by atoms with van der Waals surface area (Å²) in [6.07, 6.45) is 1.78. The lowest BCUT2D eigenvalue weighted by atomic mass is 10.0. The van der Waals surface area contributed by atoms with Crippen molar-refractivity contribution < 1.29 is 19.4 Å². The Labute approximate surface area is 124 Å². The third-order valence-corrected chi connectivity index (χ3v) is 3.76. The molecule has 0 saturated carbocycles. The first-order chi connectivity index (χ1) is 10.1. The van der Waals surface area contributed by atoms with E-state index in [9.17, 15) is 9.59 Å². The maximum atomic E-state index is 12.0. The first-order valence-corrected chi connectivity index (χ1v) is 7.31. The van der Waals surface area contributed by atoms with Crippen LogP contribution in [0.15, 0.2) is 24.3 Å². The SMILES string of the molecule is CCOC(=O)C1CCCN1Cc1ccccc1CC(=O)O.